The van der Waals surface area contributed by atoms with Crippen molar-refractivity contribution in [3.05, 3.63) is 36.5 Å². The molecular weight excluding hydrogens is 248 g/mol. The van der Waals surface area contributed by atoms with Crippen LogP contribution in [0.2, 0.25) is 0 Å². The molecule has 0 spiro atoms. The Morgan fingerprint density at radius 2 is 1.88 bits per heavy atom. The molecule has 1 aromatic carbocycles. The molecule has 6 heteroatoms. The molecule has 1 heterocycles. The topological polar surface area (TPSA) is 52.0 Å². The second-order valence-corrected chi connectivity index (χ2v) is 5.77. The van der Waals surface area contributed by atoms with Crippen molar-refractivity contribution in [2.24, 2.45) is 7.05 Å². The zero-order chi connectivity index (χ0) is 11.8. The van der Waals surface area contributed by atoms with Crippen LogP contribution in [0.5, 0.6) is 0 Å². The van der Waals surface area contributed by atoms with Crippen LogP contribution in [-0.4, -0.2) is 18.2 Å². The van der Waals surface area contributed by atoms with Crippen molar-refractivity contribution in [3.8, 4) is 11.1 Å². The van der Waals surface area contributed by atoms with E-state index in [9.17, 15) is 8.42 Å². The van der Waals surface area contributed by atoms with Crippen LogP contribution in [0, 0.1) is 0 Å². The van der Waals surface area contributed by atoms with Crippen LogP contribution >= 0.6 is 10.7 Å². The predicted octanol–water partition coefficient (Wildman–Crippen LogP) is 2.01. The number of benzene rings is 1. The van der Waals surface area contributed by atoms with Gasteiger partial charge in [-0.25, -0.2) is 8.42 Å². The van der Waals surface area contributed by atoms with E-state index in [4.69, 9.17) is 10.7 Å². The fourth-order valence-electron chi connectivity index (χ4n) is 1.53. The minimum atomic E-state index is -3.80. The quantitative estimate of drug-likeness (QED) is 0.773. The normalized spacial score (nSPS) is 11.6. The standard InChI is InChI=1S/C10H9ClN2O2S/c1-13-10(16(11,14)15)9(7-12-13)8-5-3-2-4-6-8/h2-7H,1H3. The summed E-state index contributed by atoms with van der Waals surface area (Å²) in [4.78, 5) is 0. The Labute approximate surface area is 97.9 Å². The Balaban J connectivity index is 2.69. The highest BCUT2D eigenvalue weighted by molar-refractivity contribution is 8.13. The lowest BCUT2D eigenvalue weighted by Gasteiger charge is -2.02. The van der Waals surface area contributed by atoms with Crippen LogP contribution in [0.25, 0.3) is 11.1 Å². The maximum Gasteiger partial charge on any atom is 0.278 e. The monoisotopic (exact) mass is 256 g/mol. The molecule has 1 aromatic heterocycles. The van der Waals surface area contributed by atoms with Crippen LogP contribution < -0.4 is 0 Å². The van der Waals surface area contributed by atoms with E-state index in [1.165, 1.54) is 10.9 Å². The first-order chi connectivity index (χ1) is 7.50. The van der Waals surface area contributed by atoms with Gasteiger partial charge in [0.2, 0.25) is 0 Å². The van der Waals surface area contributed by atoms with Gasteiger partial charge in [-0.2, -0.15) is 5.10 Å². The number of rotatable bonds is 2. The highest BCUT2D eigenvalue weighted by Crippen LogP contribution is 2.28. The third-order valence-corrected chi connectivity index (χ3v) is 3.58. The number of hydrogen-bond acceptors (Lipinski definition) is 3. The summed E-state index contributed by atoms with van der Waals surface area (Å²) in [6, 6.07) is 9.12. The van der Waals surface area contributed by atoms with Crippen molar-refractivity contribution in [2.45, 2.75) is 5.03 Å². The first-order valence-electron chi connectivity index (χ1n) is 4.52. The molecule has 0 radical (unpaired) electrons. The molecule has 0 atom stereocenters. The van der Waals surface area contributed by atoms with Crippen LogP contribution in [0.15, 0.2) is 41.6 Å². The molecule has 0 amide bonds. The summed E-state index contributed by atoms with van der Waals surface area (Å²) in [6.07, 6.45) is 1.49. The summed E-state index contributed by atoms with van der Waals surface area (Å²) in [5, 5.41) is 3.93. The third kappa shape index (κ3) is 1.96. The molecule has 16 heavy (non-hydrogen) atoms. The molecule has 4 nitrogen and oxygen atoms in total. The molecule has 0 aliphatic heterocycles. The Hall–Kier alpha value is -1.33. The van der Waals surface area contributed by atoms with Crippen molar-refractivity contribution < 1.29 is 8.42 Å². The summed E-state index contributed by atoms with van der Waals surface area (Å²) in [7, 11) is 3.12. The average Bonchev–Trinajstić information content (AvgIpc) is 2.61. The van der Waals surface area contributed by atoms with E-state index in [0.29, 0.717) is 5.56 Å². The predicted molar refractivity (Wildman–Crippen MR) is 61.7 cm³/mol. The van der Waals surface area contributed by atoms with Gasteiger partial charge in [0.15, 0.2) is 5.03 Å². The molecule has 0 aliphatic carbocycles. The van der Waals surface area contributed by atoms with Gasteiger partial charge in [0.25, 0.3) is 9.05 Å². The van der Waals surface area contributed by atoms with Crippen LogP contribution in [0.1, 0.15) is 0 Å². The van der Waals surface area contributed by atoms with E-state index in [-0.39, 0.29) is 5.03 Å². The first-order valence-corrected chi connectivity index (χ1v) is 6.83. The number of aryl methyl sites for hydroxylation is 1. The van der Waals surface area contributed by atoms with E-state index in [1.807, 2.05) is 30.3 Å². The van der Waals surface area contributed by atoms with Gasteiger partial charge < -0.3 is 0 Å². The van der Waals surface area contributed by atoms with E-state index in [0.717, 1.165) is 5.56 Å². The van der Waals surface area contributed by atoms with E-state index < -0.39 is 9.05 Å². The van der Waals surface area contributed by atoms with Crippen molar-refractivity contribution in [2.75, 3.05) is 0 Å². The van der Waals surface area contributed by atoms with E-state index >= 15 is 0 Å². The number of hydrogen-bond donors (Lipinski definition) is 0. The second-order valence-electron chi connectivity index (χ2n) is 3.29. The van der Waals surface area contributed by atoms with Crippen molar-refractivity contribution in [3.63, 3.8) is 0 Å². The number of halogens is 1. The zero-order valence-corrected chi connectivity index (χ0v) is 10.0. The Bertz CT molecular complexity index is 605. The van der Waals surface area contributed by atoms with Gasteiger partial charge in [-0.3, -0.25) is 4.68 Å². The number of aromatic nitrogens is 2. The maximum absolute atomic E-state index is 11.4. The molecular formula is C10H9ClN2O2S. The van der Waals surface area contributed by atoms with Crippen molar-refractivity contribution >= 4 is 19.7 Å². The smallest absolute Gasteiger partial charge is 0.256 e. The molecule has 0 bridgehead atoms. The lowest BCUT2D eigenvalue weighted by Crippen LogP contribution is -2.02. The summed E-state index contributed by atoms with van der Waals surface area (Å²) in [5.41, 5.74) is 1.29. The number of nitrogens with zero attached hydrogens (tertiary/aromatic N) is 2. The molecule has 2 aromatic rings. The highest BCUT2D eigenvalue weighted by Gasteiger charge is 2.21. The molecule has 0 unspecified atom stereocenters. The Morgan fingerprint density at radius 1 is 1.25 bits per heavy atom. The van der Waals surface area contributed by atoms with Gasteiger partial charge in [-0.15, -0.1) is 0 Å². The van der Waals surface area contributed by atoms with Crippen LogP contribution in [0.3, 0.4) is 0 Å². The molecule has 84 valence electrons. The maximum atomic E-state index is 11.4. The second kappa shape index (κ2) is 3.92. The summed E-state index contributed by atoms with van der Waals surface area (Å²) >= 11 is 0. The fraction of sp³-hybridized carbons (Fsp3) is 0.100. The highest BCUT2D eigenvalue weighted by atomic mass is 35.7. The van der Waals surface area contributed by atoms with Crippen LogP contribution in [-0.2, 0) is 16.1 Å². The summed E-state index contributed by atoms with van der Waals surface area (Å²) in [5.74, 6) is 0. The zero-order valence-electron chi connectivity index (χ0n) is 8.46. The SMILES string of the molecule is Cn1ncc(-c2ccccc2)c1S(=O)(=O)Cl. The molecule has 0 aliphatic rings. The van der Waals surface area contributed by atoms with Crippen molar-refractivity contribution in [1.29, 1.82) is 0 Å². The van der Waals surface area contributed by atoms with Gasteiger partial charge in [0.05, 0.1) is 6.20 Å². The summed E-state index contributed by atoms with van der Waals surface area (Å²) in [6.45, 7) is 0. The lowest BCUT2D eigenvalue weighted by molar-refractivity contribution is 0.591. The molecule has 0 N–H and O–H groups in total. The van der Waals surface area contributed by atoms with Gasteiger partial charge in [0, 0.05) is 23.3 Å². The minimum absolute atomic E-state index is 0.0142. The van der Waals surface area contributed by atoms with Crippen molar-refractivity contribution in [1.82, 2.24) is 9.78 Å². The van der Waals surface area contributed by atoms with E-state index in [1.54, 1.807) is 7.05 Å². The average molecular weight is 257 g/mol. The van der Waals surface area contributed by atoms with Gasteiger partial charge in [-0.1, -0.05) is 30.3 Å². The Morgan fingerprint density at radius 3 is 2.44 bits per heavy atom. The fourth-order valence-corrected chi connectivity index (χ4v) is 2.88. The van der Waals surface area contributed by atoms with E-state index in [2.05, 4.69) is 5.10 Å². The molecule has 0 saturated heterocycles. The first kappa shape index (κ1) is 11.2. The molecule has 2 rings (SSSR count). The third-order valence-electron chi connectivity index (χ3n) is 2.20. The van der Waals surface area contributed by atoms with Gasteiger partial charge in [-0.05, 0) is 5.56 Å². The van der Waals surface area contributed by atoms with Gasteiger partial charge >= 0.3 is 0 Å². The minimum Gasteiger partial charge on any atom is -0.256 e. The molecule has 0 saturated carbocycles. The van der Waals surface area contributed by atoms with Crippen LogP contribution in [0.4, 0.5) is 0 Å². The van der Waals surface area contributed by atoms with Gasteiger partial charge in [0.1, 0.15) is 0 Å². The largest absolute Gasteiger partial charge is 0.278 e. The molecule has 0 fully saturated rings. The lowest BCUT2D eigenvalue weighted by atomic mass is 10.1. The summed E-state index contributed by atoms with van der Waals surface area (Å²) < 4.78 is 24.1. The Kier molecular flexibility index (Phi) is 2.73.